The molecule has 29 heavy (non-hydrogen) atoms. The lowest BCUT2D eigenvalue weighted by molar-refractivity contribution is 0.586. The molecule has 0 aliphatic rings. The molecule has 0 unspecified atom stereocenters. The minimum atomic E-state index is -3.85. The Morgan fingerprint density at radius 2 is 1.76 bits per heavy atom. The van der Waals surface area contributed by atoms with E-state index >= 15 is 0 Å². The van der Waals surface area contributed by atoms with Gasteiger partial charge in [-0.25, -0.2) is 17.4 Å². The molecule has 1 aromatic carbocycles. The fourth-order valence-corrected chi connectivity index (χ4v) is 5.03. The smallest absolute Gasteiger partial charge is 0.269 e. The summed E-state index contributed by atoms with van der Waals surface area (Å²) in [6.07, 6.45) is 4.96. The molecule has 0 radical (unpaired) electrons. The molecule has 144 valence electrons. The Morgan fingerprint density at radius 1 is 0.931 bits per heavy atom. The van der Waals surface area contributed by atoms with E-state index in [9.17, 15) is 8.42 Å². The van der Waals surface area contributed by atoms with Crippen LogP contribution in [-0.4, -0.2) is 32.2 Å². The first-order chi connectivity index (χ1) is 14.1. The summed E-state index contributed by atoms with van der Waals surface area (Å²) in [6.45, 7) is 0.0537. The van der Waals surface area contributed by atoms with E-state index in [4.69, 9.17) is 5.73 Å². The van der Waals surface area contributed by atoms with Crippen molar-refractivity contribution in [1.82, 2.24) is 23.8 Å². The molecule has 0 spiro atoms. The predicted molar refractivity (Wildman–Crippen MR) is 109 cm³/mol. The van der Waals surface area contributed by atoms with Crippen LogP contribution in [0.3, 0.4) is 0 Å². The fourth-order valence-electron chi connectivity index (χ4n) is 3.51. The van der Waals surface area contributed by atoms with Crippen LogP contribution >= 0.6 is 0 Å². The van der Waals surface area contributed by atoms with E-state index in [1.54, 1.807) is 55.0 Å². The highest BCUT2D eigenvalue weighted by Gasteiger charge is 2.25. The average Bonchev–Trinajstić information content (AvgIpc) is 3.36. The number of nitrogens with zero attached hydrogens (tertiary/aromatic N) is 5. The van der Waals surface area contributed by atoms with Crippen molar-refractivity contribution in [2.45, 2.75) is 11.4 Å². The van der Waals surface area contributed by atoms with Gasteiger partial charge >= 0.3 is 0 Å². The largest absolute Gasteiger partial charge is 0.325 e. The Balaban J connectivity index is 1.82. The van der Waals surface area contributed by atoms with Crippen molar-refractivity contribution in [3.8, 4) is 11.1 Å². The lowest BCUT2D eigenvalue weighted by Crippen LogP contribution is -2.17. The Kier molecular flexibility index (Phi) is 3.93. The maximum atomic E-state index is 13.3. The number of hydrogen-bond donors (Lipinski definition) is 1. The van der Waals surface area contributed by atoms with Crippen LogP contribution in [0.2, 0.25) is 0 Å². The number of benzene rings is 1. The predicted octanol–water partition coefficient (Wildman–Crippen LogP) is 2.44. The van der Waals surface area contributed by atoms with Crippen LogP contribution in [-0.2, 0) is 16.6 Å². The molecule has 2 N–H and O–H groups in total. The van der Waals surface area contributed by atoms with E-state index < -0.39 is 10.0 Å². The lowest BCUT2D eigenvalue weighted by atomic mass is 10.1. The van der Waals surface area contributed by atoms with Gasteiger partial charge in [0.1, 0.15) is 0 Å². The summed E-state index contributed by atoms with van der Waals surface area (Å²) in [6, 6.07) is 15.6. The van der Waals surface area contributed by atoms with Crippen molar-refractivity contribution in [1.29, 1.82) is 0 Å². The summed E-state index contributed by atoms with van der Waals surface area (Å²) in [5.41, 5.74) is 9.16. The summed E-state index contributed by atoms with van der Waals surface area (Å²) in [5, 5.41) is 9.16. The molecule has 8 nitrogen and oxygen atoms in total. The van der Waals surface area contributed by atoms with Gasteiger partial charge in [0.2, 0.25) is 0 Å². The van der Waals surface area contributed by atoms with E-state index in [-0.39, 0.29) is 11.4 Å². The van der Waals surface area contributed by atoms with E-state index in [2.05, 4.69) is 15.2 Å². The molecule has 0 aliphatic carbocycles. The Bertz CT molecular complexity index is 1450. The van der Waals surface area contributed by atoms with Gasteiger partial charge in [-0.15, -0.1) is 0 Å². The Hall–Kier alpha value is -3.56. The number of rotatable bonds is 4. The van der Waals surface area contributed by atoms with Gasteiger partial charge in [0.25, 0.3) is 10.0 Å². The van der Waals surface area contributed by atoms with Crippen molar-refractivity contribution < 1.29 is 8.42 Å². The zero-order chi connectivity index (χ0) is 20.0. The van der Waals surface area contributed by atoms with Crippen LogP contribution < -0.4 is 5.73 Å². The van der Waals surface area contributed by atoms with Crippen LogP contribution in [0.25, 0.3) is 27.7 Å². The Labute approximate surface area is 166 Å². The molecular formula is C20H16N6O2S. The first-order valence-corrected chi connectivity index (χ1v) is 10.3. The number of nitrogens with two attached hydrogens (primary N) is 1. The van der Waals surface area contributed by atoms with Crippen molar-refractivity contribution in [2.75, 3.05) is 0 Å². The van der Waals surface area contributed by atoms with Gasteiger partial charge in [-0.1, -0.05) is 18.2 Å². The molecule has 0 saturated heterocycles. The number of aromatic nitrogens is 5. The quantitative estimate of drug-likeness (QED) is 0.493. The maximum absolute atomic E-state index is 13.3. The number of fused-ring (bicyclic) bond motifs is 2. The Morgan fingerprint density at radius 3 is 2.55 bits per heavy atom. The van der Waals surface area contributed by atoms with Crippen molar-refractivity contribution in [3.63, 3.8) is 0 Å². The van der Waals surface area contributed by atoms with E-state index in [0.29, 0.717) is 16.7 Å². The molecule has 0 bridgehead atoms. The molecule has 5 aromatic rings. The summed E-state index contributed by atoms with van der Waals surface area (Å²) >= 11 is 0. The minimum Gasteiger partial charge on any atom is -0.325 e. The third-order valence-electron chi connectivity index (χ3n) is 4.82. The first kappa shape index (κ1) is 17.5. The molecule has 5 rings (SSSR count). The molecule has 9 heteroatoms. The van der Waals surface area contributed by atoms with Gasteiger partial charge < -0.3 is 5.73 Å². The monoisotopic (exact) mass is 404 g/mol. The lowest BCUT2D eigenvalue weighted by Gasteiger charge is -2.10. The van der Waals surface area contributed by atoms with E-state index in [1.807, 2.05) is 18.2 Å². The molecule has 0 atom stereocenters. The topological polar surface area (TPSA) is 108 Å². The van der Waals surface area contributed by atoms with Crippen LogP contribution in [0.5, 0.6) is 0 Å². The molecule has 0 aliphatic heterocycles. The normalized spacial score (nSPS) is 12.0. The third-order valence-corrected chi connectivity index (χ3v) is 6.57. The van der Waals surface area contributed by atoms with Gasteiger partial charge in [0.15, 0.2) is 5.65 Å². The highest BCUT2D eigenvalue weighted by molar-refractivity contribution is 7.90. The zero-order valence-corrected chi connectivity index (χ0v) is 16.0. The van der Waals surface area contributed by atoms with Crippen LogP contribution in [0.4, 0.5) is 0 Å². The summed E-state index contributed by atoms with van der Waals surface area (Å²) in [4.78, 5) is 4.56. The summed E-state index contributed by atoms with van der Waals surface area (Å²) in [5.74, 6) is 0. The van der Waals surface area contributed by atoms with E-state index in [1.165, 1.54) is 8.60 Å². The van der Waals surface area contributed by atoms with Gasteiger partial charge in [-0.05, 0) is 42.0 Å². The van der Waals surface area contributed by atoms with Gasteiger partial charge in [-0.3, -0.25) is 0 Å². The van der Waals surface area contributed by atoms with Gasteiger partial charge in [0, 0.05) is 29.9 Å². The van der Waals surface area contributed by atoms with Gasteiger partial charge in [0.05, 0.1) is 22.3 Å². The average molecular weight is 404 g/mol. The second-order valence-corrected chi connectivity index (χ2v) is 8.26. The second kappa shape index (κ2) is 6.50. The van der Waals surface area contributed by atoms with Crippen LogP contribution in [0, 0.1) is 0 Å². The number of hydrogen-bond acceptors (Lipinski definition) is 6. The minimum absolute atomic E-state index is 0.0537. The van der Waals surface area contributed by atoms with Gasteiger partial charge in [-0.2, -0.15) is 14.8 Å². The fraction of sp³-hybridized carbons (Fsp3) is 0.0500. The first-order valence-electron chi connectivity index (χ1n) is 8.90. The van der Waals surface area contributed by atoms with Crippen molar-refractivity contribution >= 4 is 26.6 Å². The summed E-state index contributed by atoms with van der Waals surface area (Å²) in [7, 11) is -3.85. The molecule has 4 aromatic heterocycles. The molecule has 0 amide bonds. The van der Waals surface area contributed by atoms with Crippen LogP contribution in [0.15, 0.2) is 78.1 Å². The third kappa shape index (κ3) is 2.63. The summed E-state index contributed by atoms with van der Waals surface area (Å²) < 4.78 is 29.4. The maximum Gasteiger partial charge on any atom is 0.269 e. The zero-order valence-electron chi connectivity index (χ0n) is 15.2. The van der Waals surface area contributed by atoms with Crippen molar-refractivity contribution in [3.05, 3.63) is 78.9 Å². The SMILES string of the molecule is NCc1cc2c(-c3cnn4ncccc34)ccnc2n1S(=O)(=O)c1ccccc1. The second-order valence-electron chi connectivity index (χ2n) is 6.47. The van der Waals surface area contributed by atoms with Crippen LogP contribution in [0.1, 0.15) is 5.69 Å². The standard InChI is InChI=1S/C20H16N6O2S/c21-12-14-11-17-16(18-13-24-26-19(18)7-4-9-23-26)8-10-22-20(17)25(14)29(27,28)15-5-2-1-3-6-15/h1-11,13H,12,21H2. The highest BCUT2D eigenvalue weighted by atomic mass is 32.2. The van der Waals surface area contributed by atoms with E-state index in [0.717, 1.165) is 16.6 Å². The molecule has 0 fully saturated rings. The molecule has 0 saturated carbocycles. The molecule has 4 heterocycles. The van der Waals surface area contributed by atoms with Crippen molar-refractivity contribution in [2.24, 2.45) is 5.73 Å². The molecular weight excluding hydrogens is 388 g/mol. The number of pyridine rings is 1. The highest BCUT2D eigenvalue weighted by Crippen LogP contribution is 2.33.